The summed E-state index contributed by atoms with van der Waals surface area (Å²) in [5.41, 5.74) is 8.43. The van der Waals surface area contributed by atoms with Gasteiger partial charge < -0.3 is 18.9 Å². The Labute approximate surface area is 347 Å². The van der Waals surface area contributed by atoms with Gasteiger partial charge in [-0.1, -0.05) is 110 Å². The summed E-state index contributed by atoms with van der Waals surface area (Å²) in [6.07, 6.45) is 29.2. The topological polar surface area (TPSA) is 74.2 Å². The molecule has 0 rings (SSSR count). The number of phosphoric acid groups is 1. The normalized spacial score (nSPS) is 16.0. The smallest absolute Gasteiger partial charge is 0.375 e. The molecule has 0 saturated heterocycles. The summed E-state index contributed by atoms with van der Waals surface area (Å²) in [4.78, 5) is 10.3. The van der Waals surface area contributed by atoms with Crippen LogP contribution in [0.1, 0.15) is 159 Å². The molecule has 0 aromatic carbocycles. The average molecular weight is 807 g/mol. The Hall–Kier alpha value is -1.57. The monoisotopic (exact) mass is 807 g/mol. The molecule has 0 aliphatic rings. The maximum Gasteiger partial charge on any atom is 0.472 e. The van der Waals surface area contributed by atoms with Crippen LogP contribution in [-0.2, 0) is 23.1 Å². The first-order chi connectivity index (χ1) is 26.3. The number of nitrogens with zero attached hydrogens (tertiary/aromatic N) is 1. The summed E-state index contributed by atoms with van der Waals surface area (Å²) < 4.78 is 35.9. The van der Waals surface area contributed by atoms with Gasteiger partial charge in [-0.15, -0.1) is 0 Å². The van der Waals surface area contributed by atoms with Crippen LogP contribution in [0.3, 0.4) is 0 Å². The van der Waals surface area contributed by atoms with E-state index < -0.39 is 13.9 Å². The summed E-state index contributed by atoms with van der Waals surface area (Å²) in [6, 6.07) is 0. The molecule has 0 aliphatic carbocycles. The molecule has 1 unspecified atom stereocenters. The van der Waals surface area contributed by atoms with E-state index in [1.54, 1.807) is 0 Å². The van der Waals surface area contributed by atoms with Crippen LogP contribution in [0.5, 0.6) is 0 Å². The minimum absolute atomic E-state index is 0.0992. The van der Waals surface area contributed by atoms with Gasteiger partial charge >= 0.3 is 7.82 Å². The van der Waals surface area contributed by atoms with Crippen molar-refractivity contribution in [3.05, 3.63) is 69.9 Å². The zero-order valence-corrected chi connectivity index (χ0v) is 39.6. The second-order valence-electron chi connectivity index (χ2n) is 18.1. The SMILES string of the molecule is C/C(=C\CC/C(C)=C/COC[C@H](COP(=O)(O)OCC[N+](C)(C)C)OC/C=C(\C)CC/C=C(\C)CC/C=C(\C)CCCC(C)C)CC/C=C(\C)CCCC(C)C. The maximum absolute atomic E-state index is 12.6. The third kappa shape index (κ3) is 36.7. The van der Waals surface area contributed by atoms with Crippen molar-refractivity contribution in [3.8, 4) is 0 Å². The quantitative estimate of drug-likeness (QED) is 0.0302. The fourth-order valence-corrected chi connectivity index (χ4v) is 6.63. The number of ether oxygens (including phenoxy) is 2. The fourth-order valence-electron chi connectivity index (χ4n) is 5.89. The summed E-state index contributed by atoms with van der Waals surface area (Å²) in [6.45, 7) is 24.1. The number of allylic oxidation sites excluding steroid dienone is 10. The van der Waals surface area contributed by atoms with Crippen molar-refractivity contribution < 1.29 is 32.5 Å². The van der Waals surface area contributed by atoms with Crippen LogP contribution in [0.15, 0.2) is 69.9 Å². The van der Waals surface area contributed by atoms with Crippen molar-refractivity contribution in [2.75, 3.05) is 60.7 Å². The molecule has 2 atom stereocenters. The van der Waals surface area contributed by atoms with Crippen LogP contribution in [0.4, 0.5) is 0 Å². The highest BCUT2D eigenvalue weighted by atomic mass is 31.2. The van der Waals surface area contributed by atoms with E-state index in [1.165, 1.54) is 72.0 Å². The second kappa shape index (κ2) is 32.3. The van der Waals surface area contributed by atoms with Gasteiger partial charge in [0.25, 0.3) is 0 Å². The van der Waals surface area contributed by atoms with Crippen molar-refractivity contribution in [1.82, 2.24) is 0 Å². The van der Waals surface area contributed by atoms with Crippen molar-refractivity contribution in [1.29, 1.82) is 0 Å². The average Bonchev–Trinajstić information content (AvgIpc) is 3.07. The van der Waals surface area contributed by atoms with Crippen molar-refractivity contribution in [2.24, 2.45) is 11.8 Å². The van der Waals surface area contributed by atoms with Crippen LogP contribution in [-0.4, -0.2) is 76.2 Å². The van der Waals surface area contributed by atoms with Gasteiger partial charge in [-0.25, -0.2) is 4.57 Å². The van der Waals surface area contributed by atoms with Crippen molar-refractivity contribution in [2.45, 2.75) is 165 Å². The maximum atomic E-state index is 12.6. The molecule has 8 heteroatoms. The van der Waals surface area contributed by atoms with E-state index in [4.69, 9.17) is 18.5 Å². The Morgan fingerprint density at radius 1 is 0.571 bits per heavy atom. The van der Waals surface area contributed by atoms with Gasteiger partial charge in [-0.3, -0.25) is 9.05 Å². The predicted molar refractivity (Wildman–Crippen MR) is 242 cm³/mol. The molecule has 7 nitrogen and oxygen atoms in total. The largest absolute Gasteiger partial charge is 0.472 e. The number of quaternary nitrogens is 1. The van der Waals surface area contributed by atoms with Crippen LogP contribution in [0.2, 0.25) is 0 Å². The Bertz CT molecular complexity index is 1270. The molecule has 0 amide bonds. The van der Waals surface area contributed by atoms with Gasteiger partial charge in [0.15, 0.2) is 0 Å². The molecule has 0 saturated carbocycles. The third-order valence-electron chi connectivity index (χ3n) is 9.89. The fraction of sp³-hybridized carbons (Fsp3) is 0.750. The zero-order valence-electron chi connectivity index (χ0n) is 38.7. The molecule has 326 valence electrons. The Balaban J connectivity index is 4.95. The Kier molecular flexibility index (Phi) is 31.4. The molecule has 0 fully saturated rings. The molecule has 0 aliphatic heterocycles. The van der Waals surface area contributed by atoms with Crippen molar-refractivity contribution >= 4 is 7.82 Å². The van der Waals surface area contributed by atoms with E-state index in [2.05, 4.69) is 106 Å². The van der Waals surface area contributed by atoms with E-state index in [0.29, 0.717) is 24.2 Å². The van der Waals surface area contributed by atoms with Crippen LogP contribution < -0.4 is 0 Å². The molecule has 1 N–H and O–H groups in total. The molecule has 0 heterocycles. The molecule has 0 aromatic rings. The van der Waals surface area contributed by atoms with Crippen LogP contribution >= 0.6 is 7.82 Å². The lowest BCUT2D eigenvalue weighted by molar-refractivity contribution is -0.870. The highest BCUT2D eigenvalue weighted by molar-refractivity contribution is 7.47. The molecule has 0 bridgehead atoms. The van der Waals surface area contributed by atoms with E-state index >= 15 is 0 Å². The number of hydrogen-bond acceptors (Lipinski definition) is 5. The van der Waals surface area contributed by atoms with E-state index in [0.717, 1.165) is 63.2 Å². The summed E-state index contributed by atoms with van der Waals surface area (Å²) >= 11 is 0. The molecule has 0 spiro atoms. The molecular formula is C48H89NO6P+. The Morgan fingerprint density at radius 3 is 1.38 bits per heavy atom. The molecule has 56 heavy (non-hydrogen) atoms. The molecular weight excluding hydrogens is 718 g/mol. The van der Waals surface area contributed by atoms with Gasteiger partial charge in [0.05, 0.1) is 47.6 Å². The predicted octanol–water partition coefficient (Wildman–Crippen LogP) is 13.7. The Morgan fingerprint density at radius 2 is 0.964 bits per heavy atom. The van der Waals surface area contributed by atoms with Gasteiger partial charge in [-0.05, 0) is 130 Å². The highest BCUT2D eigenvalue weighted by Gasteiger charge is 2.25. The third-order valence-corrected chi connectivity index (χ3v) is 10.9. The van der Waals surface area contributed by atoms with E-state index in [9.17, 15) is 9.46 Å². The lowest BCUT2D eigenvalue weighted by Gasteiger charge is -2.24. The molecule has 0 aromatic heterocycles. The van der Waals surface area contributed by atoms with Crippen LogP contribution in [0.25, 0.3) is 0 Å². The summed E-state index contributed by atoms with van der Waals surface area (Å²) in [5.74, 6) is 1.56. The van der Waals surface area contributed by atoms with Gasteiger partial charge in [0.1, 0.15) is 19.3 Å². The number of rotatable bonds is 34. The second-order valence-corrected chi connectivity index (χ2v) is 19.6. The van der Waals surface area contributed by atoms with Gasteiger partial charge in [0.2, 0.25) is 0 Å². The van der Waals surface area contributed by atoms with Gasteiger partial charge in [0, 0.05) is 0 Å². The zero-order chi connectivity index (χ0) is 42.4. The first-order valence-electron chi connectivity index (χ1n) is 21.8. The van der Waals surface area contributed by atoms with E-state index in [1.807, 2.05) is 21.1 Å². The number of hydrogen-bond donors (Lipinski definition) is 1. The lowest BCUT2D eigenvalue weighted by atomic mass is 10.0. The standard InChI is InChI=1S/C48H88NO6P/c1-40(2)20-14-22-42(5)24-16-26-44(7)28-18-30-46(9)32-35-52-38-48(39-55-56(50,51)54-37-34-49(11,12)13)53-36-33-47(10)31-19-29-45(8)27-17-25-43(6)23-15-21-41(3)4/h24-25,28-29,32-33,40-41,48H,14-23,26-27,30-31,34-39H2,1-13H3/p+1/b42-24+,43-25+,44-28+,45-29+,46-32+,47-33+/t48-/m1/s1. The van der Waals surface area contributed by atoms with Crippen LogP contribution in [0, 0.1) is 11.8 Å². The van der Waals surface area contributed by atoms with E-state index in [-0.39, 0.29) is 19.8 Å². The van der Waals surface area contributed by atoms with Crippen molar-refractivity contribution in [3.63, 3.8) is 0 Å². The lowest BCUT2D eigenvalue weighted by Crippen LogP contribution is -2.37. The highest BCUT2D eigenvalue weighted by Crippen LogP contribution is 2.43. The first kappa shape index (κ1) is 54.4. The summed E-state index contributed by atoms with van der Waals surface area (Å²) in [7, 11) is 1.79. The number of phosphoric ester groups is 1. The first-order valence-corrected chi connectivity index (χ1v) is 23.3. The number of likely N-dealkylation sites (N-methyl/N-ethyl adjacent to an activating group) is 1. The summed E-state index contributed by atoms with van der Waals surface area (Å²) in [5, 5.41) is 0. The molecule has 0 radical (unpaired) electrons. The van der Waals surface area contributed by atoms with Gasteiger partial charge in [-0.2, -0.15) is 0 Å². The minimum Gasteiger partial charge on any atom is -0.375 e. The minimum atomic E-state index is -4.22.